The Morgan fingerprint density at radius 2 is 2.56 bits per heavy atom. The average Bonchev–Trinajstić information content (AvgIpc) is 1.89. The number of ether oxygens (including phenoxy) is 2. The van der Waals surface area contributed by atoms with Crippen molar-refractivity contribution in [3.8, 4) is 0 Å². The number of methoxy groups -OCH3 is 1. The van der Waals surface area contributed by atoms with E-state index in [1.807, 2.05) is 6.42 Å². The van der Waals surface area contributed by atoms with Crippen molar-refractivity contribution >= 4 is 11.6 Å². The standard InChI is InChI=1S/C6H10ClO2/c1-8-6-5(7)3-2-4-9-6/h3,5-6H,2,4H2,1H3. The molecule has 0 N–H and O–H groups in total. The van der Waals surface area contributed by atoms with Crippen LogP contribution in [0.3, 0.4) is 0 Å². The molecule has 2 atom stereocenters. The summed E-state index contributed by atoms with van der Waals surface area (Å²) >= 11 is 5.78. The molecular weight excluding hydrogens is 140 g/mol. The first-order valence-corrected chi connectivity index (χ1v) is 3.40. The number of hydrogen-bond donors (Lipinski definition) is 0. The van der Waals surface area contributed by atoms with E-state index < -0.39 is 0 Å². The molecule has 1 radical (unpaired) electrons. The molecule has 0 amide bonds. The minimum atomic E-state index is -0.236. The van der Waals surface area contributed by atoms with Gasteiger partial charge in [0.15, 0.2) is 6.29 Å². The molecule has 2 nitrogen and oxygen atoms in total. The molecule has 9 heavy (non-hydrogen) atoms. The summed E-state index contributed by atoms with van der Waals surface area (Å²) in [6, 6.07) is 0. The highest BCUT2D eigenvalue weighted by atomic mass is 35.5. The lowest BCUT2D eigenvalue weighted by Crippen LogP contribution is -2.32. The lowest BCUT2D eigenvalue weighted by molar-refractivity contribution is -0.131. The highest BCUT2D eigenvalue weighted by molar-refractivity contribution is 6.21. The summed E-state index contributed by atoms with van der Waals surface area (Å²) in [6.07, 6.45) is 2.69. The Balaban J connectivity index is 2.30. The van der Waals surface area contributed by atoms with Crippen molar-refractivity contribution < 1.29 is 9.47 Å². The van der Waals surface area contributed by atoms with Crippen molar-refractivity contribution in [2.75, 3.05) is 13.7 Å². The molecule has 0 saturated carbocycles. The van der Waals surface area contributed by atoms with Gasteiger partial charge in [0.25, 0.3) is 0 Å². The first kappa shape index (κ1) is 7.32. The summed E-state index contributed by atoms with van der Waals surface area (Å²) in [6.45, 7) is 0.724. The minimum absolute atomic E-state index is 0.0799. The van der Waals surface area contributed by atoms with Gasteiger partial charge in [-0.25, -0.2) is 0 Å². The Bertz CT molecular complexity index is 87.1. The highest BCUT2D eigenvalue weighted by Gasteiger charge is 2.23. The van der Waals surface area contributed by atoms with E-state index in [0.717, 1.165) is 13.0 Å². The van der Waals surface area contributed by atoms with Crippen molar-refractivity contribution in [2.24, 2.45) is 0 Å². The molecule has 1 fully saturated rings. The smallest absolute Gasteiger partial charge is 0.173 e. The lowest BCUT2D eigenvalue weighted by Gasteiger charge is -2.25. The van der Waals surface area contributed by atoms with Crippen LogP contribution in [0.25, 0.3) is 0 Å². The van der Waals surface area contributed by atoms with Gasteiger partial charge in [-0.1, -0.05) is 0 Å². The fraction of sp³-hybridized carbons (Fsp3) is 0.833. The van der Waals surface area contributed by atoms with Crippen molar-refractivity contribution in [1.29, 1.82) is 0 Å². The molecule has 1 aliphatic rings. The highest BCUT2D eigenvalue weighted by Crippen LogP contribution is 2.18. The van der Waals surface area contributed by atoms with E-state index in [-0.39, 0.29) is 11.7 Å². The number of hydrogen-bond acceptors (Lipinski definition) is 2. The Morgan fingerprint density at radius 1 is 1.78 bits per heavy atom. The van der Waals surface area contributed by atoms with Gasteiger partial charge in [-0.05, 0) is 12.8 Å². The Kier molecular flexibility index (Phi) is 2.76. The molecule has 0 aliphatic carbocycles. The Labute approximate surface area is 60.1 Å². The second-order valence-electron chi connectivity index (χ2n) is 1.94. The van der Waals surface area contributed by atoms with Crippen molar-refractivity contribution in [3.05, 3.63) is 6.42 Å². The zero-order valence-electron chi connectivity index (χ0n) is 5.34. The van der Waals surface area contributed by atoms with E-state index in [1.165, 1.54) is 0 Å². The topological polar surface area (TPSA) is 18.5 Å². The molecule has 53 valence electrons. The van der Waals surface area contributed by atoms with E-state index in [9.17, 15) is 0 Å². The van der Waals surface area contributed by atoms with E-state index in [2.05, 4.69) is 0 Å². The second kappa shape index (κ2) is 3.40. The van der Waals surface area contributed by atoms with Crippen LogP contribution in [0, 0.1) is 6.42 Å². The fourth-order valence-corrected chi connectivity index (χ4v) is 1.11. The van der Waals surface area contributed by atoms with Gasteiger partial charge in [-0.3, -0.25) is 0 Å². The average molecular weight is 150 g/mol. The van der Waals surface area contributed by atoms with Crippen LogP contribution in [-0.2, 0) is 9.47 Å². The van der Waals surface area contributed by atoms with Gasteiger partial charge in [-0.15, -0.1) is 11.6 Å². The van der Waals surface area contributed by atoms with E-state index in [4.69, 9.17) is 21.1 Å². The quantitative estimate of drug-likeness (QED) is 0.522. The van der Waals surface area contributed by atoms with Crippen molar-refractivity contribution in [2.45, 2.75) is 18.1 Å². The third-order valence-electron chi connectivity index (χ3n) is 1.28. The predicted octanol–water partition coefficient (Wildman–Crippen LogP) is 1.19. The number of alkyl halides is 1. The molecule has 0 aromatic heterocycles. The summed E-state index contributed by atoms with van der Waals surface area (Å²) in [5.74, 6) is 0. The maximum absolute atomic E-state index is 5.78. The fourth-order valence-electron chi connectivity index (χ4n) is 0.813. The zero-order valence-corrected chi connectivity index (χ0v) is 6.10. The molecule has 0 aromatic carbocycles. The minimum Gasteiger partial charge on any atom is -0.354 e. The molecule has 2 unspecified atom stereocenters. The molecule has 1 aliphatic heterocycles. The summed E-state index contributed by atoms with van der Waals surface area (Å²) in [5.41, 5.74) is 0. The summed E-state index contributed by atoms with van der Waals surface area (Å²) < 4.78 is 10.1. The van der Waals surface area contributed by atoms with Crippen molar-refractivity contribution in [1.82, 2.24) is 0 Å². The summed E-state index contributed by atoms with van der Waals surface area (Å²) in [5, 5.41) is -0.0799. The molecule has 0 bridgehead atoms. The third kappa shape index (κ3) is 1.81. The van der Waals surface area contributed by atoms with Gasteiger partial charge in [0.2, 0.25) is 0 Å². The summed E-state index contributed by atoms with van der Waals surface area (Å²) in [4.78, 5) is 0. The molecule has 0 spiro atoms. The Morgan fingerprint density at radius 3 is 3.00 bits per heavy atom. The van der Waals surface area contributed by atoms with E-state index in [1.54, 1.807) is 7.11 Å². The van der Waals surface area contributed by atoms with Crippen LogP contribution < -0.4 is 0 Å². The van der Waals surface area contributed by atoms with Crippen LogP contribution in [0.15, 0.2) is 0 Å². The largest absolute Gasteiger partial charge is 0.354 e. The predicted molar refractivity (Wildman–Crippen MR) is 35.3 cm³/mol. The molecule has 1 heterocycles. The molecule has 0 aromatic rings. The molecule has 1 rings (SSSR count). The first-order valence-electron chi connectivity index (χ1n) is 2.96. The molecule has 1 saturated heterocycles. The SMILES string of the molecule is COC1OCC[CH]C1Cl. The number of halogens is 1. The van der Waals surface area contributed by atoms with Gasteiger partial charge in [-0.2, -0.15) is 0 Å². The third-order valence-corrected chi connectivity index (χ3v) is 1.67. The maximum Gasteiger partial charge on any atom is 0.173 e. The maximum atomic E-state index is 5.78. The van der Waals surface area contributed by atoms with Crippen LogP contribution in [0.4, 0.5) is 0 Å². The van der Waals surface area contributed by atoms with Crippen LogP contribution in [0.2, 0.25) is 0 Å². The zero-order chi connectivity index (χ0) is 6.69. The lowest BCUT2D eigenvalue weighted by atomic mass is 10.2. The first-order chi connectivity index (χ1) is 4.34. The van der Waals surface area contributed by atoms with Crippen LogP contribution in [0.1, 0.15) is 6.42 Å². The van der Waals surface area contributed by atoms with Gasteiger partial charge in [0, 0.05) is 7.11 Å². The normalized spacial score (nSPS) is 36.7. The van der Waals surface area contributed by atoms with Crippen LogP contribution in [0.5, 0.6) is 0 Å². The van der Waals surface area contributed by atoms with Gasteiger partial charge in [0.05, 0.1) is 12.0 Å². The van der Waals surface area contributed by atoms with E-state index >= 15 is 0 Å². The van der Waals surface area contributed by atoms with Gasteiger partial charge < -0.3 is 9.47 Å². The van der Waals surface area contributed by atoms with Crippen molar-refractivity contribution in [3.63, 3.8) is 0 Å². The molecular formula is C6H10ClO2. The monoisotopic (exact) mass is 149 g/mol. The summed E-state index contributed by atoms with van der Waals surface area (Å²) in [7, 11) is 1.60. The Hall–Kier alpha value is 0.210. The van der Waals surface area contributed by atoms with E-state index in [0.29, 0.717) is 0 Å². The molecule has 3 heteroatoms. The van der Waals surface area contributed by atoms with Gasteiger partial charge in [0.1, 0.15) is 0 Å². The van der Waals surface area contributed by atoms with Gasteiger partial charge >= 0.3 is 0 Å². The van der Waals surface area contributed by atoms with Crippen LogP contribution in [-0.4, -0.2) is 25.4 Å². The van der Waals surface area contributed by atoms with Crippen LogP contribution >= 0.6 is 11.6 Å². The number of rotatable bonds is 1. The second-order valence-corrected chi connectivity index (χ2v) is 2.45.